The molecule has 0 spiro atoms. The number of nitrogens with zero attached hydrogens (tertiary/aromatic N) is 1. The molecular weight excluding hydrogens is 443 g/mol. The Morgan fingerprint density at radius 3 is 2.47 bits per heavy atom. The molecule has 4 atom stereocenters. The number of hydrogen-bond acceptors (Lipinski definition) is 5. The zero-order valence-corrected chi connectivity index (χ0v) is 18.1. The molecule has 1 aliphatic carbocycles. The molecule has 4 amide bonds. The Balaban J connectivity index is 1.54. The molecule has 0 bridgehead atoms. The minimum absolute atomic E-state index is 0.138. The van der Waals surface area contributed by atoms with E-state index in [4.69, 9.17) is 5.73 Å². The molecule has 34 heavy (non-hydrogen) atoms. The Hall–Kier alpha value is -3.76. The van der Waals surface area contributed by atoms with Crippen LogP contribution in [0.1, 0.15) is 17.5 Å². The summed E-state index contributed by atoms with van der Waals surface area (Å²) in [6.45, 7) is 0.163. The van der Waals surface area contributed by atoms with Crippen LogP contribution in [0.5, 0.6) is 0 Å². The first kappa shape index (κ1) is 23.4. The highest BCUT2D eigenvalue weighted by atomic mass is 19.1. The van der Waals surface area contributed by atoms with Crippen molar-refractivity contribution in [2.75, 3.05) is 5.32 Å². The largest absolute Gasteiger partial charge is 0.390 e. The molecule has 1 heterocycles. The number of hydrogen-bond donors (Lipinski definition) is 5. The van der Waals surface area contributed by atoms with Crippen LogP contribution in [0.25, 0.3) is 0 Å². The Kier molecular flexibility index (Phi) is 6.62. The number of anilines is 1. The Bertz CT molecular complexity index is 1150. The second-order valence-electron chi connectivity index (χ2n) is 8.41. The molecule has 4 rings (SSSR count). The highest BCUT2D eigenvalue weighted by molar-refractivity contribution is 5.98. The first-order chi connectivity index (χ1) is 16.2. The number of nitrogens with one attached hydrogen (secondary N) is 2. The normalized spacial score (nSPS) is 24.0. The molecular formula is C24H25FN4O5. The maximum absolute atomic E-state index is 13.4. The van der Waals surface area contributed by atoms with E-state index in [2.05, 4.69) is 10.6 Å². The van der Waals surface area contributed by atoms with Gasteiger partial charge in [0.05, 0.1) is 12.1 Å². The molecule has 0 saturated heterocycles. The van der Waals surface area contributed by atoms with E-state index in [1.165, 1.54) is 29.2 Å². The van der Waals surface area contributed by atoms with E-state index in [1.807, 2.05) is 24.3 Å². The maximum Gasteiger partial charge on any atom is 0.319 e. The summed E-state index contributed by atoms with van der Waals surface area (Å²) in [4.78, 5) is 39.2. The van der Waals surface area contributed by atoms with Gasteiger partial charge in [-0.15, -0.1) is 0 Å². The van der Waals surface area contributed by atoms with Gasteiger partial charge >= 0.3 is 6.03 Å². The van der Waals surface area contributed by atoms with Gasteiger partial charge < -0.3 is 31.5 Å². The molecule has 0 fully saturated rings. The van der Waals surface area contributed by atoms with Crippen molar-refractivity contribution in [2.45, 2.75) is 43.7 Å². The highest BCUT2D eigenvalue weighted by Crippen LogP contribution is 2.28. The zero-order chi connectivity index (χ0) is 24.4. The quantitative estimate of drug-likeness (QED) is 0.451. The molecule has 0 unspecified atom stereocenters. The van der Waals surface area contributed by atoms with Gasteiger partial charge in [-0.2, -0.15) is 0 Å². The van der Waals surface area contributed by atoms with Crippen molar-refractivity contribution >= 4 is 23.5 Å². The number of carbonyl (C=O) groups is 3. The van der Waals surface area contributed by atoms with Crippen molar-refractivity contribution in [3.63, 3.8) is 0 Å². The molecule has 2 aliphatic rings. The molecule has 6 N–H and O–H groups in total. The van der Waals surface area contributed by atoms with Crippen LogP contribution in [0.15, 0.2) is 60.2 Å². The fourth-order valence-corrected chi connectivity index (χ4v) is 4.31. The lowest BCUT2D eigenvalue weighted by Crippen LogP contribution is -2.54. The van der Waals surface area contributed by atoms with Crippen LogP contribution in [0.3, 0.4) is 0 Å². The van der Waals surface area contributed by atoms with E-state index in [0.717, 1.165) is 17.2 Å². The number of benzene rings is 2. The first-order valence-corrected chi connectivity index (χ1v) is 10.8. The smallest absolute Gasteiger partial charge is 0.319 e. The number of carbonyl (C=O) groups excluding carboxylic acids is 3. The van der Waals surface area contributed by atoms with Crippen LogP contribution < -0.4 is 16.4 Å². The molecule has 0 saturated carbocycles. The summed E-state index contributed by atoms with van der Waals surface area (Å²) in [6.07, 6.45) is -1.22. The summed E-state index contributed by atoms with van der Waals surface area (Å²) in [5, 5.41) is 25.7. The van der Waals surface area contributed by atoms with E-state index in [-0.39, 0.29) is 30.6 Å². The number of nitrogens with two attached hydrogens (primary N) is 1. The van der Waals surface area contributed by atoms with Crippen LogP contribution in [0.4, 0.5) is 14.9 Å². The van der Waals surface area contributed by atoms with Gasteiger partial charge in [-0.1, -0.05) is 36.4 Å². The molecule has 2 aromatic rings. The summed E-state index contributed by atoms with van der Waals surface area (Å²) in [5.41, 5.74) is 7.72. The minimum Gasteiger partial charge on any atom is -0.390 e. The molecule has 1 aliphatic heterocycles. The number of primary amides is 1. The van der Waals surface area contributed by atoms with Gasteiger partial charge in [0.1, 0.15) is 18.0 Å². The number of amides is 4. The monoisotopic (exact) mass is 468 g/mol. The summed E-state index contributed by atoms with van der Waals surface area (Å²) >= 11 is 0. The van der Waals surface area contributed by atoms with Crippen molar-refractivity contribution in [3.05, 3.63) is 77.1 Å². The van der Waals surface area contributed by atoms with E-state index < -0.39 is 48.0 Å². The van der Waals surface area contributed by atoms with Gasteiger partial charge in [-0.05, 0) is 29.3 Å². The van der Waals surface area contributed by atoms with E-state index in [0.29, 0.717) is 0 Å². The Morgan fingerprint density at radius 2 is 1.76 bits per heavy atom. The minimum atomic E-state index is -1.37. The second-order valence-corrected chi connectivity index (χ2v) is 8.41. The summed E-state index contributed by atoms with van der Waals surface area (Å²) in [6, 6.07) is 9.96. The fourth-order valence-electron chi connectivity index (χ4n) is 4.31. The number of rotatable bonds is 4. The lowest BCUT2D eigenvalue weighted by Gasteiger charge is -2.38. The van der Waals surface area contributed by atoms with Crippen LogP contribution in [-0.2, 0) is 22.6 Å². The molecule has 10 heteroatoms. The first-order valence-electron chi connectivity index (χ1n) is 10.8. The van der Waals surface area contributed by atoms with Crippen molar-refractivity contribution in [1.29, 1.82) is 0 Å². The van der Waals surface area contributed by atoms with Gasteiger partial charge in [0, 0.05) is 30.6 Å². The fraction of sp³-hybridized carbons (Fsp3) is 0.292. The Labute approximate surface area is 195 Å². The van der Waals surface area contributed by atoms with E-state index in [1.54, 1.807) is 0 Å². The van der Waals surface area contributed by atoms with Gasteiger partial charge in [0.15, 0.2) is 0 Å². The second kappa shape index (κ2) is 9.62. The highest BCUT2D eigenvalue weighted by Gasteiger charge is 2.39. The molecule has 178 valence electrons. The van der Waals surface area contributed by atoms with Crippen molar-refractivity contribution in [3.8, 4) is 0 Å². The number of halogens is 1. The van der Waals surface area contributed by atoms with Gasteiger partial charge in [0.2, 0.25) is 5.91 Å². The number of aliphatic hydroxyl groups excluding tert-OH is 2. The van der Waals surface area contributed by atoms with E-state index in [9.17, 15) is 29.0 Å². The summed E-state index contributed by atoms with van der Waals surface area (Å²) in [7, 11) is 0. The SMILES string of the molecule is NC(=O)[C@@H]1Cc2ccccc2CN1C(=O)C1=C[C@@H](NC(=O)Nc2cccc(F)c2)[C@@H](O)[C@H](O)C1. The van der Waals surface area contributed by atoms with Crippen molar-refractivity contribution in [2.24, 2.45) is 5.73 Å². The van der Waals surface area contributed by atoms with Crippen molar-refractivity contribution in [1.82, 2.24) is 10.2 Å². The van der Waals surface area contributed by atoms with Crippen LogP contribution in [0, 0.1) is 5.82 Å². The number of urea groups is 1. The topological polar surface area (TPSA) is 145 Å². The predicted octanol–water partition coefficient (Wildman–Crippen LogP) is 0.806. The van der Waals surface area contributed by atoms with Gasteiger partial charge in [-0.3, -0.25) is 9.59 Å². The third-order valence-electron chi connectivity index (χ3n) is 6.06. The number of aliphatic hydroxyl groups is 2. The van der Waals surface area contributed by atoms with Crippen LogP contribution >= 0.6 is 0 Å². The van der Waals surface area contributed by atoms with Gasteiger partial charge in [0.25, 0.3) is 5.91 Å². The lowest BCUT2D eigenvalue weighted by atomic mass is 9.88. The molecule has 9 nitrogen and oxygen atoms in total. The van der Waals surface area contributed by atoms with Crippen molar-refractivity contribution < 1.29 is 29.0 Å². The summed E-state index contributed by atoms with van der Waals surface area (Å²) < 4.78 is 13.4. The van der Waals surface area contributed by atoms with Crippen LogP contribution in [-0.4, -0.2) is 57.3 Å². The van der Waals surface area contributed by atoms with E-state index >= 15 is 0 Å². The third-order valence-corrected chi connectivity index (χ3v) is 6.06. The van der Waals surface area contributed by atoms with Gasteiger partial charge in [-0.25, -0.2) is 9.18 Å². The number of fused-ring (bicyclic) bond motifs is 1. The average Bonchev–Trinajstić information content (AvgIpc) is 2.80. The maximum atomic E-state index is 13.4. The third kappa shape index (κ3) is 4.92. The lowest BCUT2D eigenvalue weighted by molar-refractivity contribution is -0.138. The zero-order valence-electron chi connectivity index (χ0n) is 18.1. The molecule has 2 aromatic carbocycles. The Morgan fingerprint density at radius 1 is 1.03 bits per heavy atom. The standard InChI is InChI=1S/C24H25FN4O5/c25-16-6-3-7-17(11-16)27-24(34)28-18-8-15(10-20(30)21(18)31)23(33)29-12-14-5-2-1-4-13(14)9-19(29)22(26)32/h1-8,11,18-21,30-31H,9-10,12H2,(H2,26,32)(H2,27,28,34)/t18-,19+,20-,21-/m1/s1. The average molecular weight is 468 g/mol. The molecule has 0 radical (unpaired) electrons. The summed E-state index contributed by atoms with van der Waals surface area (Å²) in [5.74, 6) is -1.70. The molecule has 0 aromatic heterocycles. The predicted molar refractivity (Wildman–Crippen MR) is 121 cm³/mol. The van der Waals surface area contributed by atoms with Crippen LogP contribution in [0.2, 0.25) is 0 Å².